The zero-order valence-electron chi connectivity index (χ0n) is 17.1. The van der Waals surface area contributed by atoms with Gasteiger partial charge in [0.05, 0.1) is 17.2 Å². The lowest BCUT2D eigenvalue weighted by atomic mass is 9.72. The number of aliphatic imine (C=N–C) groups is 2. The molecular formula is C23H33N5. The van der Waals surface area contributed by atoms with Crippen LogP contribution >= 0.6 is 0 Å². The summed E-state index contributed by atoms with van der Waals surface area (Å²) < 4.78 is 0. The molecule has 0 amide bonds. The number of fused-ring (bicyclic) bond motifs is 1. The van der Waals surface area contributed by atoms with Gasteiger partial charge in [0, 0.05) is 12.6 Å². The van der Waals surface area contributed by atoms with Crippen LogP contribution in [0.3, 0.4) is 0 Å². The summed E-state index contributed by atoms with van der Waals surface area (Å²) in [5.74, 6) is 1.00. The van der Waals surface area contributed by atoms with Crippen LogP contribution < -0.4 is 5.32 Å². The minimum absolute atomic E-state index is 0.00615. The lowest BCUT2D eigenvalue weighted by Gasteiger charge is -2.49. The van der Waals surface area contributed by atoms with Crippen molar-refractivity contribution in [1.29, 1.82) is 5.26 Å². The molecule has 0 aromatic carbocycles. The second-order valence-electron chi connectivity index (χ2n) is 8.69. The third kappa shape index (κ3) is 3.55. The normalized spacial score (nSPS) is 35.2. The summed E-state index contributed by atoms with van der Waals surface area (Å²) in [4.78, 5) is 12.1. The predicted octanol–water partition coefficient (Wildman–Crippen LogP) is 4.34. The van der Waals surface area contributed by atoms with Gasteiger partial charge in [0.15, 0.2) is 0 Å². The van der Waals surface area contributed by atoms with Gasteiger partial charge in [0.1, 0.15) is 12.0 Å². The van der Waals surface area contributed by atoms with Gasteiger partial charge in [-0.15, -0.1) is 0 Å². The molecule has 0 bridgehead atoms. The molecule has 4 aliphatic rings. The number of nitrogens with zero attached hydrogens (tertiary/aromatic N) is 4. The molecule has 5 nitrogen and oxygen atoms in total. The topological polar surface area (TPSA) is 63.8 Å². The van der Waals surface area contributed by atoms with Gasteiger partial charge in [-0.25, -0.2) is 0 Å². The zero-order valence-corrected chi connectivity index (χ0v) is 17.1. The van der Waals surface area contributed by atoms with E-state index in [1.165, 1.54) is 44.9 Å². The molecule has 150 valence electrons. The van der Waals surface area contributed by atoms with Gasteiger partial charge in [-0.3, -0.25) is 10.3 Å². The Morgan fingerprint density at radius 1 is 1.21 bits per heavy atom. The third-order valence-corrected chi connectivity index (χ3v) is 7.18. The number of likely N-dealkylation sites (tertiary alicyclic amines) is 1. The van der Waals surface area contributed by atoms with Crippen LogP contribution in [-0.2, 0) is 0 Å². The fourth-order valence-electron chi connectivity index (χ4n) is 5.62. The van der Waals surface area contributed by atoms with Crippen molar-refractivity contribution in [1.82, 2.24) is 10.2 Å². The lowest BCUT2D eigenvalue weighted by Crippen LogP contribution is -2.59. The SMILES string of the molecule is CCC1(C2N=C3C=CC=CC3N2)CCCN(C2CCCCCCC2)C1=NC#N. The molecular weight excluding hydrogens is 346 g/mol. The van der Waals surface area contributed by atoms with Gasteiger partial charge < -0.3 is 4.90 Å². The Morgan fingerprint density at radius 3 is 2.71 bits per heavy atom. The molecule has 3 atom stereocenters. The van der Waals surface area contributed by atoms with Gasteiger partial charge in [-0.2, -0.15) is 10.3 Å². The predicted molar refractivity (Wildman–Crippen MR) is 114 cm³/mol. The number of piperidine rings is 1. The van der Waals surface area contributed by atoms with Crippen molar-refractivity contribution in [2.45, 2.75) is 89.4 Å². The standard InChI is InChI=1S/C23H33N5/c1-2-23(21-26-19-13-8-9-14-20(19)27-21)15-10-16-28(22(23)25-17-24)18-11-6-4-3-5-7-12-18/h8-9,13-14,18-19,21,26H,2-7,10-12,15-16H2,1H3. The highest BCUT2D eigenvalue weighted by Gasteiger charge is 2.50. The van der Waals surface area contributed by atoms with Crippen LogP contribution in [0.5, 0.6) is 0 Å². The van der Waals surface area contributed by atoms with E-state index < -0.39 is 0 Å². The number of hydrogen-bond donors (Lipinski definition) is 1. The third-order valence-electron chi connectivity index (χ3n) is 7.18. The number of hydrogen-bond acceptors (Lipinski definition) is 4. The van der Waals surface area contributed by atoms with Crippen LogP contribution in [0.25, 0.3) is 0 Å². The Labute approximate surface area is 169 Å². The van der Waals surface area contributed by atoms with Crippen LogP contribution in [-0.4, -0.2) is 41.2 Å². The van der Waals surface area contributed by atoms with Crippen LogP contribution in [0.1, 0.15) is 71.1 Å². The summed E-state index contributed by atoms with van der Waals surface area (Å²) in [6.07, 6.45) is 22.8. The monoisotopic (exact) mass is 379 g/mol. The Balaban J connectivity index is 1.65. The van der Waals surface area contributed by atoms with E-state index in [1.807, 2.05) is 0 Å². The van der Waals surface area contributed by atoms with Crippen LogP contribution in [0, 0.1) is 16.9 Å². The van der Waals surface area contributed by atoms with Crippen molar-refractivity contribution in [3.63, 3.8) is 0 Å². The molecule has 5 heteroatoms. The molecule has 1 N–H and O–H groups in total. The lowest BCUT2D eigenvalue weighted by molar-refractivity contribution is 0.151. The van der Waals surface area contributed by atoms with E-state index in [2.05, 4.69) is 52.6 Å². The minimum Gasteiger partial charge on any atom is -0.356 e. The average molecular weight is 380 g/mol. The molecule has 0 spiro atoms. The van der Waals surface area contributed by atoms with E-state index in [1.54, 1.807) is 0 Å². The molecule has 0 aromatic heterocycles. The Hall–Kier alpha value is -1.93. The molecule has 3 unspecified atom stereocenters. The Morgan fingerprint density at radius 2 is 2.00 bits per heavy atom. The molecule has 2 aliphatic carbocycles. The van der Waals surface area contributed by atoms with Gasteiger partial charge in [-0.1, -0.05) is 57.3 Å². The van der Waals surface area contributed by atoms with Crippen LogP contribution in [0.2, 0.25) is 0 Å². The maximum Gasteiger partial charge on any atom is 0.207 e. The average Bonchev–Trinajstić information content (AvgIpc) is 3.13. The van der Waals surface area contributed by atoms with E-state index >= 15 is 0 Å². The largest absolute Gasteiger partial charge is 0.356 e. The van der Waals surface area contributed by atoms with Gasteiger partial charge in [0.25, 0.3) is 0 Å². The first kappa shape index (κ1) is 19.4. The maximum absolute atomic E-state index is 9.57. The highest BCUT2D eigenvalue weighted by molar-refractivity contribution is 6.04. The zero-order chi connectivity index (χ0) is 19.4. The molecule has 2 fully saturated rings. The quantitative estimate of drug-likeness (QED) is 0.742. The van der Waals surface area contributed by atoms with Gasteiger partial charge in [-0.05, 0) is 38.2 Å². The van der Waals surface area contributed by atoms with Crippen molar-refractivity contribution >= 4 is 11.5 Å². The number of rotatable bonds is 3. The van der Waals surface area contributed by atoms with E-state index in [0.717, 1.165) is 37.4 Å². The summed E-state index contributed by atoms with van der Waals surface area (Å²) in [5, 5.41) is 13.3. The molecule has 1 saturated carbocycles. The van der Waals surface area contributed by atoms with Crippen LogP contribution in [0.15, 0.2) is 34.3 Å². The molecule has 4 rings (SSSR count). The highest BCUT2D eigenvalue weighted by atomic mass is 15.3. The first-order valence-corrected chi connectivity index (χ1v) is 11.2. The summed E-state index contributed by atoms with van der Waals surface area (Å²) in [6, 6.07) is 0.716. The number of allylic oxidation sites excluding steroid dienone is 2. The molecule has 1 saturated heterocycles. The fraction of sp³-hybridized carbons (Fsp3) is 0.696. The number of nitrogens with one attached hydrogen (secondary N) is 1. The van der Waals surface area contributed by atoms with Crippen molar-refractivity contribution in [3.05, 3.63) is 24.3 Å². The molecule has 2 heterocycles. The molecule has 28 heavy (non-hydrogen) atoms. The second-order valence-corrected chi connectivity index (χ2v) is 8.69. The summed E-state index contributed by atoms with van der Waals surface area (Å²) in [6.45, 7) is 3.27. The van der Waals surface area contributed by atoms with Crippen molar-refractivity contribution in [2.75, 3.05) is 6.54 Å². The van der Waals surface area contributed by atoms with E-state index in [0.29, 0.717) is 6.04 Å². The van der Waals surface area contributed by atoms with Crippen molar-refractivity contribution in [2.24, 2.45) is 15.4 Å². The highest BCUT2D eigenvalue weighted by Crippen LogP contribution is 2.43. The van der Waals surface area contributed by atoms with Crippen molar-refractivity contribution < 1.29 is 0 Å². The number of nitriles is 1. The molecule has 0 radical (unpaired) electrons. The van der Waals surface area contributed by atoms with Crippen LogP contribution in [0.4, 0.5) is 0 Å². The van der Waals surface area contributed by atoms with E-state index in [4.69, 9.17) is 4.99 Å². The second kappa shape index (κ2) is 8.61. The molecule has 2 aliphatic heterocycles. The summed E-state index contributed by atoms with van der Waals surface area (Å²) in [7, 11) is 0. The fourth-order valence-corrected chi connectivity index (χ4v) is 5.62. The van der Waals surface area contributed by atoms with Crippen molar-refractivity contribution in [3.8, 4) is 6.19 Å². The van der Waals surface area contributed by atoms with Gasteiger partial charge in [0.2, 0.25) is 6.19 Å². The summed E-state index contributed by atoms with van der Waals surface area (Å²) >= 11 is 0. The van der Waals surface area contributed by atoms with E-state index in [9.17, 15) is 5.26 Å². The number of amidine groups is 1. The van der Waals surface area contributed by atoms with Gasteiger partial charge >= 0.3 is 0 Å². The first-order chi connectivity index (χ1) is 13.8. The first-order valence-electron chi connectivity index (χ1n) is 11.2. The summed E-state index contributed by atoms with van der Waals surface area (Å²) in [5.41, 5.74) is 0.919. The smallest absolute Gasteiger partial charge is 0.207 e. The van der Waals surface area contributed by atoms with E-state index in [-0.39, 0.29) is 17.6 Å². The Bertz CT molecular complexity index is 720. The minimum atomic E-state index is -0.192. The Kier molecular flexibility index (Phi) is 5.96. The molecule has 0 aromatic rings. The maximum atomic E-state index is 9.57.